The number of terminal acetylenes is 1. The zero-order valence-electron chi connectivity index (χ0n) is 9.33. The largest absolute Gasteiger partial charge is 0.302 e. The summed E-state index contributed by atoms with van der Waals surface area (Å²) in [4.78, 5) is 4.46. The number of hydrogen-bond acceptors (Lipinski definition) is 2. The number of aryl methyl sites for hydroxylation is 1. The van der Waals surface area contributed by atoms with Crippen LogP contribution in [0.2, 0.25) is 0 Å². The maximum absolute atomic E-state index is 5.18. The van der Waals surface area contributed by atoms with Gasteiger partial charge in [-0.15, -0.1) is 6.42 Å². The van der Waals surface area contributed by atoms with E-state index in [2.05, 4.69) is 40.5 Å². The molecule has 2 rings (SSSR count). The van der Waals surface area contributed by atoms with Gasteiger partial charge in [0.2, 0.25) is 0 Å². The van der Waals surface area contributed by atoms with Crippen LogP contribution in [0.3, 0.4) is 0 Å². The van der Waals surface area contributed by atoms with E-state index in [4.69, 9.17) is 6.42 Å². The van der Waals surface area contributed by atoms with Crippen molar-refractivity contribution < 1.29 is 0 Å². The molecule has 0 aliphatic heterocycles. The number of rotatable bonds is 3. The predicted molar refractivity (Wildman–Crippen MR) is 67.0 cm³/mol. The van der Waals surface area contributed by atoms with Crippen molar-refractivity contribution in [2.45, 2.75) is 13.5 Å². The fourth-order valence-corrected chi connectivity index (χ4v) is 1.67. The molecule has 1 aromatic heterocycles. The van der Waals surface area contributed by atoms with Gasteiger partial charge in [-0.2, -0.15) is 0 Å². The molecule has 0 atom stereocenters. The normalized spacial score (nSPS) is 10.2. The Kier molecular flexibility index (Phi) is 3.19. The molecule has 0 amide bonds. The van der Waals surface area contributed by atoms with Gasteiger partial charge in [-0.25, -0.2) is 0 Å². The Labute approximate surface area is 95.7 Å². The van der Waals surface area contributed by atoms with Crippen LogP contribution in [0.25, 0.3) is 10.9 Å². The van der Waals surface area contributed by atoms with Crippen LogP contribution >= 0.6 is 0 Å². The molecule has 1 aromatic carbocycles. The molecule has 2 nitrogen and oxygen atoms in total. The van der Waals surface area contributed by atoms with Crippen molar-refractivity contribution in [3.8, 4) is 12.3 Å². The van der Waals surface area contributed by atoms with Crippen molar-refractivity contribution in [2.24, 2.45) is 0 Å². The molecular formula is C14H14N2. The summed E-state index contributed by atoms with van der Waals surface area (Å²) in [6.07, 6.45) is 5.18. The minimum atomic E-state index is 0.601. The lowest BCUT2D eigenvalue weighted by Crippen LogP contribution is -2.12. The molecule has 0 aliphatic carbocycles. The number of benzene rings is 1. The molecule has 0 spiro atoms. The minimum Gasteiger partial charge on any atom is -0.302 e. The lowest BCUT2D eigenvalue weighted by molar-refractivity contribution is 0.771. The highest BCUT2D eigenvalue weighted by Crippen LogP contribution is 2.14. The van der Waals surface area contributed by atoms with Crippen molar-refractivity contribution in [2.75, 3.05) is 6.54 Å². The maximum atomic E-state index is 5.18. The van der Waals surface area contributed by atoms with E-state index >= 15 is 0 Å². The van der Waals surface area contributed by atoms with Gasteiger partial charge in [-0.1, -0.05) is 18.1 Å². The monoisotopic (exact) mass is 210 g/mol. The number of nitrogens with one attached hydrogen (secondary N) is 1. The highest BCUT2D eigenvalue weighted by molar-refractivity contribution is 5.79. The molecule has 0 saturated carbocycles. The van der Waals surface area contributed by atoms with Crippen molar-refractivity contribution in [3.63, 3.8) is 0 Å². The molecule has 1 heterocycles. The van der Waals surface area contributed by atoms with E-state index in [0.29, 0.717) is 6.54 Å². The SMILES string of the molecule is C#CCNCc1ccc2nc(C)ccc2c1. The van der Waals surface area contributed by atoms with Gasteiger partial charge in [0, 0.05) is 17.6 Å². The van der Waals surface area contributed by atoms with Crippen molar-refractivity contribution in [1.82, 2.24) is 10.3 Å². The second-order valence-corrected chi connectivity index (χ2v) is 3.79. The Morgan fingerprint density at radius 2 is 2.19 bits per heavy atom. The quantitative estimate of drug-likeness (QED) is 0.621. The van der Waals surface area contributed by atoms with E-state index in [1.165, 1.54) is 10.9 Å². The standard InChI is InChI=1S/C14H14N2/c1-3-8-15-10-12-5-7-14-13(9-12)6-4-11(2)16-14/h1,4-7,9,15H,8,10H2,2H3. The van der Waals surface area contributed by atoms with Gasteiger partial charge in [0.15, 0.2) is 0 Å². The fraction of sp³-hybridized carbons (Fsp3) is 0.214. The topological polar surface area (TPSA) is 24.9 Å². The second kappa shape index (κ2) is 4.78. The van der Waals surface area contributed by atoms with Gasteiger partial charge in [-0.3, -0.25) is 4.98 Å². The molecule has 0 aliphatic rings. The smallest absolute Gasteiger partial charge is 0.0705 e. The van der Waals surface area contributed by atoms with E-state index < -0.39 is 0 Å². The van der Waals surface area contributed by atoms with Crippen molar-refractivity contribution >= 4 is 10.9 Å². The maximum Gasteiger partial charge on any atom is 0.0705 e. The average molecular weight is 210 g/mol. The van der Waals surface area contributed by atoms with Gasteiger partial charge in [0.25, 0.3) is 0 Å². The number of nitrogens with zero attached hydrogens (tertiary/aromatic N) is 1. The Morgan fingerprint density at radius 1 is 1.31 bits per heavy atom. The molecule has 1 N–H and O–H groups in total. The Bertz CT molecular complexity index is 538. The Morgan fingerprint density at radius 3 is 3.00 bits per heavy atom. The molecule has 0 radical (unpaired) electrons. The lowest BCUT2D eigenvalue weighted by atomic mass is 10.1. The van der Waals surface area contributed by atoms with E-state index in [0.717, 1.165) is 17.8 Å². The number of fused-ring (bicyclic) bond motifs is 1. The first-order valence-electron chi connectivity index (χ1n) is 5.30. The van der Waals surface area contributed by atoms with Crippen LogP contribution in [-0.2, 0) is 6.54 Å². The van der Waals surface area contributed by atoms with Crippen molar-refractivity contribution in [3.05, 3.63) is 41.6 Å². The van der Waals surface area contributed by atoms with E-state index in [-0.39, 0.29) is 0 Å². The predicted octanol–water partition coefficient (Wildman–Crippen LogP) is 2.27. The summed E-state index contributed by atoms with van der Waals surface area (Å²) in [5, 5.41) is 4.34. The molecule has 2 aromatic rings. The fourth-order valence-electron chi connectivity index (χ4n) is 1.67. The molecule has 0 fully saturated rings. The van der Waals surface area contributed by atoms with Crippen LogP contribution in [0.15, 0.2) is 30.3 Å². The van der Waals surface area contributed by atoms with Gasteiger partial charge in [0.05, 0.1) is 12.1 Å². The van der Waals surface area contributed by atoms with Gasteiger partial charge >= 0.3 is 0 Å². The molecule has 0 saturated heterocycles. The zero-order chi connectivity index (χ0) is 11.4. The highest BCUT2D eigenvalue weighted by atomic mass is 14.8. The molecule has 16 heavy (non-hydrogen) atoms. The number of pyridine rings is 1. The van der Waals surface area contributed by atoms with Crippen molar-refractivity contribution in [1.29, 1.82) is 0 Å². The van der Waals surface area contributed by atoms with Crippen LogP contribution in [0.1, 0.15) is 11.3 Å². The van der Waals surface area contributed by atoms with Gasteiger partial charge < -0.3 is 5.32 Å². The Balaban J connectivity index is 2.24. The summed E-state index contributed by atoms with van der Waals surface area (Å²) in [6, 6.07) is 10.4. The van der Waals surface area contributed by atoms with Crippen LogP contribution in [-0.4, -0.2) is 11.5 Å². The molecule has 2 heteroatoms. The summed E-state index contributed by atoms with van der Waals surface area (Å²) in [5.74, 6) is 2.56. The molecule has 0 bridgehead atoms. The van der Waals surface area contributed by atoms with E-state index in [1.54, 1.807) is 0 Å². The van der Waals surface area contributed by atoms with E-state index in [1.807, 2.05) is 13.0 Å². The average Bonchev–Trinajstić information content (AvgIpc) is 2.29. The third-order valence-corrected chi connectivity index (χ3v) is 2.45. The summed E-state index contributed by atoms with van der Waals surface area (Å²) in [5.41, 5.74) is 3.32. The van der Waals surface area contributed by atoms with Crippen LogP contribution in [0, 0.1) is 19.3 Å². The van der Waals surface area contributed by atoms with E-state index in [9.17, 15) is 0 Å². The summed E-state index contributed by atoms with van der Waals surface area (Å²) >= 11 is 0. The third-order valence-electron chi connectivity index (χ3n) is 2.45. The molecule has 0 unspecified atom stereocenters. The molecular weight excluding hydrogens is 196 g/mol. The van der Waals surface area contributed by atoms with Gasteiger partial charge in [0.1, 0.15) is 0 Å². The zero-order valence-corrected chi connectivity index (χ0v) is 9.33. The summed E-state index contributed by atoms with van der Waals surface area (Å²) in [7, 11) is 0. The first-order chi connectivity index (χ1) is 7.79. The summed E-state index contributed by atoms with van der Waals surface area (Å²) < 4.78 is 0. The second-order valence-electron chi connectivity index (χ2n) is 3.79. The highest BCUT2D eigenvalue weighted by Gasteiger charge is 1.97. The number of hydrogen-bond donors (Lipinski definition) is 1. The minimum absolute atomic E-state index is 0.601. The summed E-state index contributed by atoms with van der Waals surface area (Å²) in [6.45, 7) is 3.40. The van der Waals surface area contributed by atoms with Crippen LogP contribution < -0.4 is 5.32 Å². The molecule has 80 valence electrons. The first kappa shape index (κ1) is 10.7. The van der Waals surface area contributed by atoms with Gasteiger partial charge in [-0.05, 0) is 30.7 Å². The Hall–Kier alpha value is -1.85. The first-order valence-corrected chi connectivity index (χ1v) is 5.30. The number of aromatic nitrogens is 1. The third kappa shape index (κ3) is 2.39. The van der Waals surface area contributed by atoms with Crippen LogP contribution in [0.5, 0.6) is 0 Å². The lowest BCUT2D eigenvalue weighted by Gasteiger charge is -2.04. The van der Waals surface area contributed by atoms with Crippen LogP contribution in [0.4, 0.5) is 0 Å².